The predicted octanol–water partition coefficient (Wildman–Crippen LogP) is 4.36. The number of benzene rings is 2. The van der Waals surface area contributed by atoms with Crippen LogP contribution < -0.4 is 5.56 Å². The summed E-state index contributed by atoms with van der Waals surface area (Å²) in [5.41, 5.74) is 2.62. The summed E-state index contributed by atoms with van der Waals surface area (Å²) in [4.78, 5) is 23.4. The number of rotatable bonds is 10. The number of thiophene rings is 1. The molecule has 0 fully saturated rings. The minimum atomic E-state index is -0.545. The van der Waals surface area contributed by atoms with E-state index >= 15 is 0 Å². The van der Waals surface area contributed by atoms with Crippen LogP contribution in [0, 0.1) is 0 Å². The lowest BCUT2D eigenvalue weighted by Gasteiger charge is -2.24. The van der Waals surface area contributed by atoms with Crippen molar-refractivity contribution in [2.75, 3.05) is 26.8 Å². The summed E-state index contributed by atoms with van der Waals surface area (Å²) in [6.07, 6.45) is 0.0113. The third kappa shape index (κ3) is 6.07. The highest BCUT2D eigenvalue weighted by atomic mass is 35.5. The van der Waals surface area contributed by atoms with Gasteiger partial charge in [-0.05, 0) is 29.7 Å². The quantitative estimate of drug-likeness (QED) is 0.350. The Morgan fingerprint density at radius 2 is 2.03 bits per heavy atom. The van der Waals surface area contributed by atoms with E-state index in [1.807, 2.05) is 58.8 Å². The summed E-state index contributed by atoms with van der Waals surface area (Å²) in [6, 6.07) is 17.3. The first-order valence-corrected chi connectivity index (χ1v) is 12.0. The third-order valence-corrected chi connectivity index (χ3v) is 6.50. The van der Waals surface area contributed by atoms with Crippen LogP contribution in [0.5, 0.6) is 0 Å². The highest BCUT2D eigenvalue weighted by Crippen LogP contribution is 2.32. The van der Waals surface area contributed by atoms with Crippen LogP contribution in [0.15, 0.2) is 64.8 Å². The topological polar surface area (TPSA) is 78.5 Å². The van der Waals surface area contributed by atoms with E-state index in [4.69, 9.17) is 21.3 Å². The molecule has 0 bridgehead atoms. The van der Waals surface area contributed by atoms with Crippen LogP contribution in [0.3, 0.4) is 0 Å². The zero-order valence-corrected chi connectivity index (χ0v) is 19.9. The molecule has 4 rings (SSSR count). The van der Waals surface area contributed by atoms with Crippen molar-refractivity contribution in [3.63, 3.8) is 0 Å². The lowest BCUT2D eigenvalue weighted by atomic mass is 10.1. The normalized spacial score (nSPS) is 12.5. The first-order chi connectivity index (χ1) is 16.0. The minimum Gasteiger partial charge on any atom is -0.391 e. The number of aromatic amines is 1. The van der Waals surface area contributed by atoms with E-state index in [1.165, 1.54) is 11.3 Å². The van der Waals surface area contributed by atoms with Gasteiger partial charge in [-0.1, -0.05) is 54.1 Å². The molecule has 33 heavy (non-hydrogen) atoms. The van der Waals surface area contributed by atoms with E-state index in [2.05, 4.69) is 4.98 Å². The number of H-pyrrole nitrogens is 1. The predicted molar refractivity (Wildman–Crippen MR) is 134 cm³/mol. The van der Waals surface area contributed by atoms with Crippen molar-refractivity contribution >= 4 is 33.2 Å². The minimum absolute atomic E-state index is 0.178. The molecule has 0 amide bonds. The highest BCUT2D eigenvalue weighted by Gasteiger charge is 2.17. The van der Waals surface area contributed by atoms with Crippen molar-refractivity contribution in [3.8, 4) is 11.1 Å². The van der Waals surface area contributed by atoms with E-state index in [1.54, 1.807) is 13.2 Å². The van der Waals surface area contributed by atoms with Crippen molar-refractivity contribution in [2.24, 2.45) is 0 Å². The van der Waals surface area contributed by atoms with Gasteiger partial charge in [0.1, 0.15) is 10.7 Å². The molecular formula is C25H26ClN3O3S. The molecule has 0 saturated carbocycles. The molecule has 0 aliphatic rings. The van der Waals surface area contributed by atoms with Gasteiger partial charge in [0.15, 0.2) is 0 Å². The number of nitrogens with zero attached hydrogens (tertiary/aromatic N) is 2. The van der Waals surface area contributed by atoms with Crippen LogP contribution in [0.1, 0.15) is 11.4 Å². The summed E-state index contributed by atoms with van der Waals surface area (Å²) in [6.45, 7) is 1.98. The number of hydrogen-bond acceptors (Lipinski definition) is 6. The van der Waals surface area contributed by atoms with Gasteiger partial charge >= 0.3 is 0 Å². The Hall–Kier alpha value is -2.55. The molecule has 2 aromatic carbocycles. The van der Waals surface area contributed by atoms with E-state index in [9.17, 15) is 9.90 Å². The first kappa shape index (κ1) is 23.6. The van der Waals surface area contributed by atoms with Crippen LogP contribution >= 0.6 is 22.9 Å². The van der Waals surface area contributed by atoms with Crippen molar-refractivity contribution < 1.29 is 9.84 Å². The monoisotopic (exact) mass is 483 g/mol. The van der Waals surface area contributed by atoms with Gasteiger partial charge in [-0.15, -0.1) is 11.3 Å². The molecule has 0 aliphatic carbocycles. The van der Waals surface area contributed by atoms with Crippen molar-refractivity contribution in [1.29, 1.82) is 0 Å². The van der Waals surface area contributed by atoms with Crippen molar-refractivity contribution in [2.45, 2.75) is 19.1 Å². The zero-order chi connectivity index (χ0) is 23.2. The second-order valence-corrected chi connectivity index (χ2v) is 9.22. The lowest BCUT2D eigenvalue weighted by molar-refractivity contribution is 0.0837. The molecule has 0 aliphatic heterocycles. The molecular weight excluding hydrogens is 458 g/mol. The highest BCUT2D eigenvalue weighted by molar-refractivity contribution is 7.17. The molecule has 1 unspecified atom stereocenters. The zero-order valence-electron chi connectivity index (χ0n) is 18.3. The molecule has 6 nitrogen and oxygen atoms in total. The third-order valence-electron chi connectivity index (χ3n) is 5.40. The Labute approximate surface area is 201 Å². The average Bonchev–Trinajstić information content (AvgIpc) is 3.23. The van der Waals surface area contributed by atoms with E-state index in [0.29, 0.717) is 53.7 Å². The molecule has 0 radical (unpaired) electrons. The Kier molecular flexibility index (Phi) is 7.90. The molecule has 1 atom stereocenters. The van der Waals surface area contributed by atoms with Gasteiger partial charge < -0.3 is 14.8 Å². The Morgan fingerprint density at radius 3 is 2.79 bits per heavy atom. The van der Waals surface area contributed by atoms with E-state index in [-0.39, 0.29) is 5.56 Å². The maximum atomic E-state index is 13.0. The summed E-state index contributed by atoms with van der Waals surface area (Å²) < 4.78 is 5.24. The number of halogens is 1. The molecule has 4 aromatic rings. The SMILES string of the molecule is COCCN(Cc1nc2scc(-c3cccc(Cl)c3)c2c(=O)[nH]1)CC(O)Cc1ccccc1. The average molecular weight is 484 g/mol. The summed E-state index contributed by atoms with van der Waals surface area (Å²) in [5, 5.41) is 13.8. The number of aromatic nitrogens is 2. The fraction of sp³-hybridized carbons (Fsp3) is 0.280. The van der Waals surface area contributed by atoms with Crippen LogP contribution in [-0.4, -0.2) is 52.9 Å². The largest absolute Gasteiger partial charge is 0.391 e. The van der Waals surface area contributed by atoms with Crippen molar-refractivity contribution in [1.82, 2.24) is 14.9 Å². The van der Waals surface area contributed by atoms with Gasteiger partial charge in [0, 0.05) is 36.2 Å². The van der Waals surface area contributed by atoms with Gasteiger partial charge in [0.05, 0.1) is 24.6 Å². The number of aliphatic hydroxyl groups is 1. The van der Waals surface area contributed by atoms with Crippen LogP contribution in [0.2, 0.25) is 5.02 Å². The number of fused-ring (bicyclic) bond motifs is 1. The van der Waals surface area contributed by atoms with Crippen LogP contribution in [-0.2, 0) is 17.7 Å². The smallest absolute Gasteiger partial charge is 0.260 e. The van der Waals surface area contributed by atoms with Gasteiger partial charge in [0.25, 0.3) is 5.56 Å². The van der Waals surface area contributed by atoms with Gasteiger partial charge in [-0.2, -0.15) is 0 Å². The Morgan fingerprint density at radius 1 is 1.21 bits per heavy atom. The number of ether oxygens (including phenoxy) is 1. The summed E-state index contributed by atoms with van der Waals surface area (Å²) >= 11 is 7.57. The Bertz CT molecular complexity index is 1260. The summed E-state index contributed by atoms with van der Waals surface area (Å²) in [7, 11) is 1.65. The van der Waals surface area contributed by atoms with E-state index in [0.717, 1.165) is 16.7 Å². The summed E-state index contributed by atoms with van der Waals surface area (Å²) in [5.74, 6) is 0.565. The maximum absolute atomic E-state index is 13.0. The Balaban J connectivity index is 1.54. The molecule has 2 N–H and O–H groups in total. The fourth-order valence-corrected chi connectivity index (χ4v) is 5.01. The number of hydrogen-bond donors (Lipinski definition) is 2. The standard InChI is InChI=1S/C25H26ClN3O3S/c1-32-11-10-29(14-20(30)12-17-6-3-2-4-7-17)15-22-27-24(31)23-21(16-33-25(23)28-22)18-8-5-9-19(26)13-18/h2-9,13,16,20,30H,10-12,14-15H2,1H3,(H,27,28,31). The fourth-order valence-electron chi connectivity index (χ4n) is 3.85. The molecule has 172 valence electrons. The van der Waals surface area contributed by atoms with Crippen LogP contribution in [0.4, 0.5) is 0 Å². The lowest BCUT2D eigenvalue weighted by Crippen LogP contribution is -2.36. The second kappa shape index (κ2) is 11.0. The van der Waals surface area contributed by atoms with Gasteiger partial charge in [-0.25, -0.2) is 4.98 Å². The molecule has 2 aromatic heterocycles. The van der Waals surface area contributed by atoms with Gasteiger partial charge in [0.2, 0.25) is 0 Å². The molecule has 8 heteroatoms. The van der Waals surface area contributed by atoms with Crippen LogP contribution in [0.25, 0.3) is 21.3 Å². The first-order valence-electron chi connectivity index (χ1n) is 10.7. The molecule has 0 spiro atoms. The number of aliphatic hydroxyl groups excluding tert-OH is 1. The molecule has 0 saturated heterocycles. The van der Waals surface area contributed by atoms with Crippen molar-refractivity contribution in [3.05, 3.63) is 86.7 Å². The van der Waals surface area contributed by atoms with E-state index < -0.39 is 6.10 Å². The second-order valence-electron chi connectivity index (χ2n) is 7.92. The number of methoxy groups -OCH3 is 1. The van der Waals surface area contributed by atoms with Gasteiger partial charge in [-0.3, -0.25) is 9.69 Å². The number of nitrogens with one attached hydrogen (secondary N) is 1. The maximum Gasteiger partial charge on any atom is 0.260 e. The molecule has 2 heterocycles.